The van der Waals surface area contributed by atoms with Gasteiger partial charge >= 0.3 is 0 Å². The van der Waals surface area contributed by atoms with Crippen LogP contribution in [-0.4, -0.2) is 50.3 Å². The molecule has 0 bridgehead atoms. The SMILES string of the molecule is CCNC(CN1CCC(OC)CC1)C(C)C. The van der Waals surface area contributed by atoms with E-state index in [4.69, 9.17) is 4.74 Å². The van der Waals surface area contributed by atoms with Gasteiger partial charge in [-0.3, -0.25) is 0 Å². The Hall–Kier alpha value is -0.120. The van der Waals surface area contributed by atoms with Gasteiger partial charge in [0.25, 0.3) is 0 Å². The molecule has 16 heavy (non-hydrogen) atoms. The summed E-state index contributed by atoms with van der Waals surface area (Å²) in [6, 6.07) is 0.629. The van der Waals surface area contributed by atoms with Crippen molar-refractivity contribution in [2.24, 2.45) is 5.92 Å². The van der Waals surface area contributed by atoms with Crippen LogP contribution in [-0.2, 0) is 4.74 Å². The molecule has 1 atom stereocenters. The van der Waals surface area contributed by atoms with Gasteiger partial charge in [-0.1, -0.05) is 20.8 Å². The summed E-state index contributed by atoms with van der Waals surface area (Å²) < 4.78 is 5.40. The molecule has 1 aliphatic rings. The number of methoxy groups -OCH3 is 1. The van der Waals surface area contributed by atoms with E-state index in [0.717, 1.165) is 6.54 Å². The zero-order valence-electron chi connectivity index (χ0n) is 11.3. The van der Waals surface area contributed by atoms with Gasteiger partial charge in [0.15, 0.2) is 0 Å². The molecule has 0 amide bonds. The molecular weight excluding hydrogens is 200 g/mol. The largest absolute Gasteiger partial charge is 0.381 e. The van der Waals surface area contributed by atoms with Crippen molar-refractivity contribution in [1.29, 1.82) is 0 Å². The van der Waals surface area contributed by atoms with Crippen LogP contribution in [0.25, 0.3) is 0 Å². The third kappa shape index (κ3) is 4.40. The summed E-state index contributed by atoms with van der Waals surface area (Å²) in [5.74, 6) is 0.708. The summed E-state index contributed by atoms with van der Waals surface area (Å²) in [6.45, 7) is 11.4. The lowest BCUT2D eigenvalue weighted by Crippen LogP contribution is -2.47. The number of ether oxygens (including phenoxy) is 1. The van der Waals surface area contributed by atoms with Gasteiger partial charge in [-0.05, 0) is 25.3 Å². The van der Waals surface area contributed by atoms with E-state index in [1.165, 1.54) is 32.5 Å². The van der Waals surface area contributed by atoms with Gasteiger partial charge in [-0.15, -0.1) is 0 Å². The van der Waals surface area contributed by atoms with Gasteiger partial charge in [0.1, 0.15) is 0 Å². The fraction of sp³-hybridized carbons (Fsp3) is 1.00. The van der Waals surface area contributed by atoms with Crippen LogP contribution in [0.3, 0.4) is 0 Å². The first-order valence-corrected chi connectivity index (χ1v) is 6.65. The molecule has 0 spiro atoms. The molecule has 1 saturated heterocycles. The molecule has 0 aromatic heterocycles. The van der Waals surface area contributed by atoms with E-state index < -0.39 is 0 Å². The number of hydrogen-bond acceptors (Lipinski definition) is 3. The zero-order chi connectivity index (χ0) is 12.0. The Balaban J connectivity index is 2.30. The second-order valence-electron chi connectivity index (χ2n) is 5.14. The third-order valence-corrected chi connectivity index (χ3v) is 3.59. The van der Waals surface area contributed by atoms with Gasteiger partial charge in [0, 0.05) is 32.8 Å². The quantitative estimate of drug-likeness (QED) is 0.749. The van der Waals surface area contributed by atoms with E-state index in [1.807, 2.05) is 7.11 Å². The van der Waals surface area contributed by atoms with Crippen molar-refractivity contribution in [2.75, 3.05) is 33.3 Å². The van der Waals surface area contributed by atoms with Crippen LogP contribution in [0.1, 0.15) is 33.6 Å². The standard InChI is InChI=1S/C13H28N2O/c1-5-14-13(11(2)3)10-15-8-6-12(16-4)7-9-15/h11-14H,5-10H2,1-4H3. The molecule has 3 heteroatoms. The third-order valence-electron chi connectivity index (χ3n) is 3.59. The van der Waals surface area contributed by atoms with Crippen molar-refractivity contribution < 1.29 is 4.74 Å². The van der Waals surface area contributed by atoms with E-state index in [2.05, 4.69) is 31.0 Å². The Morgan fingerprint density at radius 3 is 2.38 bits per heavy atom. The Kier molecular flexibility index (Phi) is 6.32. The van der Waals surface area contributed by atoms with Crippen molar-refractivity contribution in [1.82, 2.24) is 10.2 Å². The molecule has 0 saturated carbocycles. The predicted molar refractivity (Wildman–Crippen MR) is 68.8 cm³/mol. The topological polar surface area (TPSA) is 24.5 Å². The van der Waals surface area contributed by atoms with Crippen molar-refractivity contribution in [3.05, 3.63) is 0 Å². The van der Waals surface area contributed by atoms with E-state index in [9.17, 15) is 0 Å². The second kappa shape index (κ2) is 7.25. The van der Waals surface area contributed by atoms with E-state index in [1.54, 1.807) is 0 Å². The lowest BCUT2D eigenvalue weighted by Gasteiger charge is -2.35. The maximum atomic E-state index is 5.40. The van der Waals surface area contributed by atoms with Gasteiger partial charge in [0.05, 0.1) is 6.10 Å². The minimum Gasteiger partial charge on any atom is -0.381 e. The number of piperidine rings is 1. The highest BCUT2D eigenvalue weighted by atomic mass is 16.5. The highest BCUT2D eigenvalue weighted by Crippen LogP contribution is 2.14. The van der Waals surface area contributed by atoms with Crippen LogP contribution in [0.2, 0.25) is 0 Å². The molecule has 0 aromatic rings. The Morgan fingerprint density at radius 1 is 1.31 bits per heavy atom. The molecule has 1 N–H and O–H groups in total. The van der Waals surface area contributed by atoms with Crippen LogP contribution < -0.4 is 5.32 Å². The molecule has 1 heterocycles. The monoisotopic (exact) mass is 228 g/mol. The average Bonchev–Trinajstić information content (AvgIpc) is 2.29. The molecule has 1 fully saturated rings. The lowest BCUT2D eigenvalue weighted by atomic mass is 10.0. The first kappa shape index (κ1) is 13.9. The van der Waals surface area contributed by atoms with E-state index in [0.29, 0.717) is 18.1 Å². The first-order valence-electron chi connectivity index (χ1n) is 6.65. The van der Waals surface area contributed by atoms with Gasteiger partial charge < -0.3 is 15.0 Å². The fourth-order valence-electron chi connectivity index (χ4n) is 2.38. The number of likely N-dealkylation sites (N-methyl/N-ethyl adjacent to an activating group) is 1. The number of nitrogens with one attached hydrogen (secondary N) is 1. The Morgan fingerprint density at radius 2 is 1.94 bits per heavy atom. The molecule has 3 nitrogen and oxygen atoms in total. The minimum absolute atomic E-state index is 0.493. The second-order valence-corrected chi connectivity index (χ2v) is 5.14. The van der Waals surface area contributed by atoms with Crippen LogP contribution in [0.15, 0.2) is 0 Å². The van der Waals surface area contributed by atoms with E-state index in [-0.39, 0.29) is 0 Å². The molecule has 0 aromatic carbocycles. The summed E-state index contributed by atoms with van der Waals surface area (Å²) in [5, 5.41) is 3.58. The molecule has 0 radical (unpaired) electrons. The predicted octanol–water partition coefficient (Wildman–Crippen LogP) is 1.73. The van der Waals surface area contributed by atoms with E-state index >= 15 is 0 Å². The van der Waals surface area contributed by atoms with Crippen molar-refractivity contribution in [2.45, 2.75) is 45.8 Å². The molecule has 96 valence electrons. The van der Waals surface area contributed by atoms with Gasteiger partial charge in [-0.2, -0.15) is 0 Å². The van der Waals surface area contributed by atoms with Crippen molar-refractivity contribution in [3.8, 4) is 0 Å². The highest BCUT2D eigenvalue weighted by molar-refractivity contribution is 4.79. The maximum Gasteiger partial charge on any atom is 0.0595 e. The zero-order valence-corrected chi connectivity index (χ0v) is 11.3. The average molecular weight is 228 g/mol. The summed E-state index contributed by atoms with van der Waals surface area (Å²) in [7, 11) is 1.83. The summed E-state index contributed by atoms with van der Waals surface area (Å²) in [6.07, 6.45) is 2.87. The Bertz CT molecular complexity index is 177. The van der Waals surface area contributed by atoms with Crippen LogP contribution in [0.4, 0.5) is 0 Å². The number of rotatable bonds is 6. The molecule has 1 rings (SSSR count). The fourth-order valence-corrected chi connectivity index (χ4v) is 2.38. The summed E-state index contributed by atoms with van der Waals surface area (Å²) in [4.78, 5) is 2.57. The molecule has 1 aliphatic heterocycles. The summed E-state index contributed by atoms with van der Waals surface area (Å²) in [5.41, 5.74) is 0. The number of nitrogens with zero attached hydrogens (tertiary/aromatic N) is 1. The van der Waals surface area contributed by atoms with Gasteiger partial charge in [-0.25, -0.2) is 0 Å². The normalized spacial score (nSPS) is 21.6. The first-order chi connectivity index (χ1) is 7.67. The molecule has 1 unspecified atom stereocenters. The summed E-state index contributed by atoms with van der Waals surface area (Å²) >= 11 is 0. The Labute approximate surface area is 101 Å². The smallest absolute Gasteiger partial charge is 0.0595 e. The van der Waals surface area contributed by atoms with Crippen molar-refractivity contribution in [3.63, 3.8) is 0 Å². The number of likely N-dealkylation sites (tertiary alicyclic amines) is 1. The van der Waals surface area contributed by atoms with Crippen LogP contribution in [0.5, 0.6) is 0 Å². The minimum atomic E-state index is 0.493. The molecular formula is C13H28N2O. The maximum absolute atomic E-state index is 5.40. The molecule has 0 aliphatic carbocycles. The lowest BCUT2D eigenvalue weighted by molar-refractivity contribution is 0.0368. The van der Waals surface area contributed by atoms with Crippen LogP contribution in [0, 0.1) is 5.92 Å². The van der Waals surface area contributed by atoms with Gasteiger partial charge in [0.2, 0.25) is 0 Å². The number of hydrogen-bond donors (Lipinski definition) is 1. The van der Waals surface area contributed by atoms with Crippen LogP contribution >= 0.6 is 0 Å². The van der Waals surface area contributed by atoms with Crippen molar-refractivity contribution >= 4 is 0 Å². The highest BCUT2D eigenvalue weighted by Gasteiger charge is 2.22.